The quantitative estimate of drug-likeness (QED) is 0.342. The first-order valence-corrected chi connectivity index (χ1v) is 2.52. The third-order valence-corrected chi connectivity index (χ3v) is 1.04. The minimum absolute atomic E-state index is 0.779. The Balaban J connectivity index is 2.66. The zero-order valence-corrected chi connectivity index (χ0v) is 4.88. The van der Waals surface area contributed by atoms with Gasteiger partial charge in [0, 0.05) is 0 Å². The predicted octanol–water partition coefficient (Wildman–Crippen LogP) is -2.96. The highest BCUT2D eigenvalue weighted by molar-refractivity contribution is 6.38. The Morgan fingerprint density at radius 3 is 1.90 bits per heavy atom. The fourth-order valence-electron chi connectivity index (χ4n) is 0.572. The number of amides is 3. The van der Waals surface area contributed by atoms with Crippen LogP contribution in [0.4, 0.5) is 0 Å². The summed E-state index contributed by atoms with van der Waals surface area (Å²) in [5.74, 6) is -2.44. The molecular formula is C4H5N3O3. The molecular weight excluding hydrogens is 138 g/mol. The molecule has 1 aliphatic heterocycles. The van der Waals surface area contributed by atoms with Crippen molar-refractivity contribution in [2.45, 2.75) is 6.17 Å². The van der Waals surface area contributed by atoms with Crippen LogP contribution in [0.2, 0.25) is 0 Å². The summed E-state index contributed by atoms with van der Waals surface area (Å²) in [5.41, 5.74) is 4.75. The van der Waals surface area contributed by atoms with E-state index in [1.807, 2.05) is 10.6 Å². The molecule has 0 aromatic heterocycles. The second kappa shape index (κ2) is 1.98. The van der Waals surface area contributed by atoms with Crippen LogP contribution in [0.5, 0.6) is 0 Å². The smallest absolute Gasteiger partial charge is 0.311 e. The maximum Gasteiger partial charge on any atom is 0.311 e. The third-order valence-electron chi connectivity index (χ3n) is 1.04. The van der Waals surface area contributed by atoms with Gasteiger partial charge < -0.3 is 16.4 Å². The van der Waals surface area contributed by atoms with Gasteiger partial charge in [0.25, 0.3) is 5.91 Å². The first-order chi connectivity index (χ1) is 4.61. The molecule has 54 valence electrons. The molecule has 6 nitrogen and oxygen atoms in total. The van der Waals surface area contributed by atoms with Crippen molar-refractivity contribution in [2.24, 2.45) is 5.73 Å². The van der Waals surface area contributed by atoms with E-state index in [9.17, 15) is 14.4 Å². The number of hydrogen-bond donors (Lipinski definition) is 3. The summed E-state index contributed by atoms with van der Waals surface area (Å²) in [6, 6.07) is 0. The van der Waals surface area contributed by atoms with E-state index in [0.717, 1.165) is 0 Å². The maximum absolute atomic E-state index is 10.4. The highest BCUT2D eigenvalue weighted by Crippen LogP contribution is 1.86. The normalized spacial score (nSPS) is 18.4. The van der Waals surface area contributed by atoms with E-state index in [1.165, 1.54) is 0 Å². The summed E-state index contributed by atoms with van der Waals surface area (Å²) in [4.78, 5) is 31.0. The van der Waals surface area contributed by atoms with Crippen molar-refractivity contribution in [1.29, 1.82) is 0 Å². The van der Waals surface area contributed by atoms with Gasteiger partial charge in [0.15, 0.2) is 6.17 Å². The number of carbonyl (C=O) groups is 3. The Hall–Kier alpha value is -1.59. The fourth-order valence-corrected chi connectivity index (χ4v) is 0.572. The fraction of sp³-hybridized carbons (Fsp3) is 0.250. The summed E-state index contributed by atoms with van der Waals surface area (Å²) in [6.07, 6.45) is -1.04. The summed E-state index contributed by atoms with van der Waals surface area (Å²) < 4.78 is 0. The van der Waals surface area contributed by atoms with Crippen molar-refractivity contribution in [3.8, 4) is 0 Å². The van der Waals surface area contributed by atoms with Gasteiger partial charge in [-0.25, -0.2) is 0 Å². The molecule has 1 heterocycles. The Labute approximate surface area is 55.8 Å². The molecule has 1 fully saturated rings. The van der Waals surface area contributed by atoms with Crippen molar-refractivity contribution in [1.82, 2.24) is 10.6 Å². The van der Waals surface area contributed by atoms with Crippen molar-refractivity contribution in [3.63, 3.8) is 0 Å². The van der Waals surface area contributed by atoms with E-state index in [2.05, 4.69) is 0 Å². The van der Waals surface area contributed by atoms with Gasteiger partial charge in [-0.05, 0) is 0 Å². The van der Waals surface area contributed by atoms with Crippen LogP contribution in [-0.4, -0.2) is 23.9 Å². The monoisotopic (exact) mass is 143 g/mol. The molecule has 0 unspecified atom stereocenters. The number of carbonyl (C=O) groups excluding carboxylic acids is 3. The number of primary amides is 1. The van der Waals surface area contributed by atoms with Gasteiger partial charge in [-0.1, -0.05) is 0 Å². The minimum atomic E-state index is -1.04. The summed E-state index contributed by atoms with van der Waals surface area (Å²) in [5, 5.41) is 4.06. The van der Waals surface area contributed by atoms with Crippen molar-refractivity contribution in [2.75, 3.05) is 0 Å². The van der Waals surface area contributed by atoms with Crippen LogP contribution in [0.3, 0.4) is 0 Å². The van der Waals surface area contributed by atoms with E-state index in [4.69, 9.17) is 5.73 Å². The molecule has 0 atom stereocenters. The van der Waals surface area contributed by atoms with Gasteiger partial charge in [0.1, 0.15) is 0 Å². The van der Waals surface area contributed by atoms with E-state index in [-0.39, 0.29) is 0 Å². The molecule has 6 heteroatoms. The minimum Gasteiger partial charge on any atom is -0.366 e. The predicted molar refractivity (Wildman–Crippen MR) is 29.3 cm³/mol. The first kappa shape index (κ1) is 6.53. The summed E-state index contributed by atoms with van der Waals surface area (Å²) in [7, 11) is 0. The molecule has 4 N–H and O–H groups in total. The van der Waals surface area contributed by atoms with Crippen LogP contribution in [0.25, 0.3) is 0 Å². The molecule has 0 radical (unpaired) electrons. The molecule has 1 saturated heterocycles. The number of nitrogens with one attached hydrogen (secondary N) is 2. The standard InChI is InChI=1S/C4H5N3O3/c5-1(8)2-6-3(9)4(10)7-2/h2H,(H2,5,8)(H,6,9)(H,7,10). The van der Waals surface area contributed by atoms with Crippen LogP contribution in [0.15, 0.2) is 0 Å². The molecule has 0 aromatic rings. The average molecular weight is 143 g/mol. The SMILES string of the molecule is NC(=O)C1NC(=O)C(=O)N1. The van der Waals surface area contributed by atoms with Crippen molar-refractivity contribution < 1.29 is 14.4 Å². The lowest BCUT2D eigenvalue weighted by atomic mass is 10.5. The average Bonchev–Trinajstić information content (AvgIpc) is 2.13. The van der Waals surface area contributed by atoms with Gasteiger partial charge in [0.2, 0.25) is 0 Å². The first-order valence-electron chi connectivity index (χ1n) is 2.52. The van der Waals surface area contributed by atoms with Crippen LogP contribution >= 0.6 is 0 Å². The second-order valence-corrected chi connectivity index (χ2v) is 1.78. The van der Waals surface area contributed by atoms with Crippen LogP contribution in [0.1, 0.15) is 0 Å². The molecule has 0 spiro atoms. The molecule has 10 heavy (non-hydrogen) atoms. The van der Waals surface area contributed by atoms with E-state index >= 15 is 0 Å². The van der Waals surface area contributed by atoms with Gasteiger partial charge in [-0.2, -0.15) is 0 Å². The zero-order chi connectivity index (χ0) is 7.72. The Morgan fingerprint density at radius 1 is 1.30 bits per heavy atom. The van der Waals surface area contributed by atoms with Gasteiger partial charge in [-0.3, -0.25) is 14.4 Å². The molecule has 3 amide bonds. The highest BCUT2D eigenvalue weighted by atomic mass is 16.2. The van der Waals surface area contributed by atoms with Gasteiger partial charge >= 0.3 is 11.8 Å². The third kappa shape index (κ3) is 0.903. The molecule has 0 aromatic carbocycles. The number of nitrogens with two attached hydrogens (primary N) is 1. The molecule has 0 aliphatic carbocycles. The summed E-state index contributed by atoms with van der Waals surface area (Å²) >= 11 is 0. The second-order valence-electron chi connectivity index (χ2n) is 1.78. The van der Waals surface area contributed by atoms with Crippen molar-refractivity contribution in [3.05, 3.63) is 0 Å². The maximum atomic E-state index is 10.4. The lowest BCUT2D eigenvalue weighted by Gasteiger charge is -2.01. The lowest BCUT2D eigenvalue weighted by Crippen LogP contribution is -2.44. The number of hydrogen-bond acceptors (Lipinski definition) is 3. The lowest BCUT2D eigenvalue weighted by molar-refractivity contribution is -0.135. The van der Waals surface area contributed by atoms with Crippen LogP contribution < -0.4 is 16.4 Å². The Kier molecular flexibility index (Phi) is 1.29. The highest BCUT2D eigenvalue weighted by Gasteiger charge is 2.31. The van der Waals surface area contributed by atoms with Gasteiger partial charge in [0.05, 0.1) is 0 Å². The molecule has 1 aliphatic rings. The molecule has 1 rings (SSSR count). The molecule has 0 saturated carbocycles. The zero-order valence-electron chi connectivity index (χ0n) is 4.88. The van der Waals surface area contributed by atoms with E-state index in [0.29, 0.717) is 0 Å². The largest absolute Gasteiger partial charge is 0.366 e. The number of rotatable bonds is 1. The van der Waals surface area contributed by atoms with Crippen molar-refractivity contribution >= 4 is 17.7 Å². The van der Waals surface area contributed by atoms with Crippen LogP contribution in [-0.2, 0) is 14.4 Å². The Bertz CT molecular complexity index is 196. The Morgan fingerprint density at radius 2 is 1.70 bits per heavy atom. The molecule has 0 bridgehead atoms. The van der Waals surface area contributed by atoms with Gasteiger partial charge in [-0.15, -0.1) is 0 Å². The van der Waals surface area contributed by atoms with E-state index in [1.54, 1.807) is 0 Å². The van der Waals surface area contributed by atoms with Crippen LogP contribution in [0, 0.1) is 0 Å². The topological polar surface area (TPSA) is 101 Å². The van der Waals surface area contributed by atoms with E-state index < -0.39 is 23.9 Å². The summed E-state index contributed by atoms with van der Waals surface area (Å²) in [6.45, 7) is 0.